The van der Waals surface area contributed by atoms with Crippen LogP contribution < -0.4 is 0 Å². The largest absolute Gasteiger partial charge is 0.383 e. The number of nitrogens with zero attached hydrogens (tertiary/aromatic N) is 7. The van der Waals surface area contributed by atoms with Crippen LogP contribution in [0.2, 0.25) is 0 Å². The molecule has 6 rings (SSSR count). The average molecular weight is 612 g/mol. The summed E-state index contributed by atoms with van der Waals surface area (Å²) in [6.45, 7) is 2.17. The van der Waals surface area contributed by atoms with Crippen LogP contribution in [0.15, 0.2) is 53.7 Å². The Morgan fingerprint density at radius 3 is 2.69 bits per heavy atom. The molecule has 14 heteroatoms. The van der Waals surface area contributed by atoms with E-state index in [-0.39, 0.29) is 36.3 Å². The first-order valence-electron chi connectivity index (χ1n) is 13.5. The molecule has 0 bridgehead atoms. The molecule has 0 unspecified atom stereocenters. The predicted molar refractivity (Wildman–Crippen MR) is 153 cm³/mol. The van der Waals surface area contributed by atoms with Gasteiger partial charge in [0.1, 0.15) is 12.1 Å². The number of rotatable bonds is 9. The molecule has 0 radical (unpaired) electrons. The molecule has 11 nitrogen and oxygen atoms in total. The minimum absolute atomic E-state index is 0.0924. The summed E-state index contributed by atoms with van der Waals surface area (Å²) in [6.07, 6.45) is 8.34. The Morgan fingerprint density at radius 2 is 2.02 bits per heavy atom. The third kappa shape index (κ3) is 4.91. The van der Waals surface area contributed by atoms with Crippen LogP contribution in [0.3, 0.4) is 0 Å². The lowest BCUT2D eigenvalue weighted by molar-refractivity contribution is 0.0725. The number of Topliss-reactive ketones (excluding diaryl/α,β-unsaturated/α-hetero) is 1. The van der Waals surface area contributed by atoms with E-state index >= 15 is 0 Å². The molecule has 1 aromatic carbocycles. The highest BCUT2D eigenvalue weighted by Gasteiger charge is 2.52. The number of thiazole rings is 1. The fourth-order valence-corrected chi connectivity index (χ4v) is 8.32. The fraction of sp³-hybridized carbons (Fsp3) is 0.393. The number of hydrogen-bond acceptors (Lipinski definition) is 9. The van der Waals surface area contributed by atoms with Crippen molar-refractivity contribution in [3.8, 4) is 5.69 Å². The Balaban J connectivity index is 1.43. The zero-order chi connectivity index (χ0) is 29.6. The normalized spacial score (nSPS) is 20.3. The molecule has 0 spiro atoms. The number of halogens is 1. The number of methoxy groups -OCH3 is 1. The number of aryl methyl sites for hydroxylation is 2. The summed E-state index contributed by atoms with van der Waals surface area (Å²) >= 11 is 1.33. The molecule has 2 aliphatic rings. The van der Waals surface area contributed by atoms with Gasteiger partial charge in [0.05, 0.1) is 29.6 Å². The topological polar surface area (TPSA) is 125 Å². The quantitative estimate of drug-likeness (QED) is 0.263. The molecular weight excluding hydrogens is 581 g/mol. The Bertz CT molecular complexity index is 1780. The van der Waals surface area contributed by atoms with Crippen molar-refractivity contribution in [1.29, 1.82) is 0 Å². The monoisotopic (exact) mass is 611 g/mol. The second-order valence-electron chi connectivity index (χ2n) is 10.7. The Kier molecular flexibility index (Phi) is 7.41. The number of hydrogen-bond donors (Lipinski definition) is 0. The molecule has 1 saturated carbocycles. The van der Waals surface area contributed by atoms with Crippen LogP contribution in [0.5, 0.6) is 0 Å². The number of carbonyl (C=O) groups is 1. The van der Waals surface area contributed by atoms with Gasteiger partial charge in [0, 0.05) is 37.8 Å². The van der Waals surface area contributed by atoms with E-state index in [1.54, 1.807) is 36.3 Å². The first-order valence-corrected chi connectivity index (χ1v) is 15.8. The molecule has 2 atom stereocenters. The minimum atomic E-state index is -4.08. The number of aromatic nitrogens is 6. The molecule has 2 aliphatic carbocycles. The van der Waals surface area contributed by atoms with E-state index < -0.39 is 21.5 Å². The maximum Gasteiger partial charge on any atom is 0.282 e. The van der Waals surface area contributed by atoms with E-state index in [2.05, 4.69) is 20.2 Å². The van der Waals surface area contributed by atoms with Crippen LogP contribution in [0.25, 0.3) is 11.8 Å². The summed E-state index contributed by atoms with van der Waals surface area (Å²) in [7, 11) is -0.953. The second kappa shape index (κ2) is 10.9. The number of benzene rings is 1. The summed E-state index contributed by atoms with van der Waals surface area (Å²) in [5, 5.41) is 8.76. The van der Waals surface area contributed by atoms with E-state index in [4.69, 9.17) is 4.74 Å². The third-order valence-corrected chi connectivity index (χ3v) is 10.7. The Hall–Kier alpha value is -3.59. The van der Waals surface area contributed by atoms with Crippen LogP contribution in [-0.4, -0.2) is 74.3 Å². The molecule has 220 valence electrons. The summed E-state index contributed by atoms with van der Waals surface area (Å²) in [4.78, 5) is 23.8. The van der Waals surface area contributed by atoms with Crippen molar-refractivity contribution in [2.24, 2.45) is 12.5 Å². The number of carbonyl (C=O) groups excluding carboxylic acids is 1. The predicted octanol–water partition coefficient (Wildman–Crippen LogP) is 3.60. The van der Waals surface area contributed by atoms with Gasteiger partial charge < -0.3 is 4.74 Å². The number of ketones is 1. The van der Waals surface area contributed by atoms with Gasteiger partial charge >= 0.3 is 0 Å². The van der Waals surface area contributed by atoms with E-state index in [9.17, 15) is 17.6 Å². The van der Waals surface area contributed by atoms with Crippen LogP contribution in [0.1, 0.15) is 45.2 Å². The third-order valence-electron chi connectivity index (χ3n) is 8.00. The SMILES string of the molecule is COCCN([C@H]1CCC2=Cc3c(cnn3-c3ccc(F)cc3)C[C@]2(C(=O)c2ncc(C)s2)C1)S(=O)(=O)c1ncn(C)n1. The van der Waals surface area contributed by atoms with Crippen LogP contribution >= 0.6 is 11.3 Å². The molecule has 1 fully saturated rings. The van der Waals surface area contributed by atoms with Gasteiger partial charge in [-0.15, -0.1) is 16.4 Å². The van der Waals surface area contributed by atoms with Crippen molar-refractivity contribution in [3.05, 3.63) is 75.5 Å². The first kappa shape index (κ1) is 28.5. The number of fused-ring (bicyclic) bond motifs is 2. The zero-order valence-electron chi connectivity index (χ0n) is 23.4. The van der Waals surface area contributed by atoms with Crippen LogP contribution in [-0.2, 0) is 28.2 Å². The second-order valence-corrected chi connectivity index (χ2v) is 13.7. The molecule has 0 aliphatic heterocycles. The van der Waals surface area contributed by atoms with Crippen LogP contribution in [0, 0.1) is 18.2 Å². The summed E-state index contributed by atoms with van der Waals surface area (Å²) in [5.74, 6) is -0.467. The van der Waals surface area contributed by atoms with E-state index in [1.807, 2.05) is 13.0 Å². The smallest absolute Gasteiger partial charge is 0.282 e. The standard InChI is InChI=1S/C28H30FN7O4S2/c1-18-15-30-26(41-18)25(37)28-13-19-16-32-36(22-8-5-21(29)6-9-22)24(19)12-20(28)4-7-23(14-28)35(10-11-40-3)42(38,39)27-31-17-34(2)33-27/h5-6,8-9,12,15-17,23H,4,7,10-11,13-14H2,1-3H3/t23-,28-/m0/s1. The lowest BCUT2D eigenvalue weighted by Crippen LogP contribution is -2.51. The highest BCUT2D eigenvalue weighted by molar-refractivity contribution is 7.89. The van der Waals surface area contributed by atoms with Gasteiger partial charge in [-0.1, -0.05) is 5.57 Å². The van der Waals surface area contributed by atoms with Gasteiger partial charge in [-0.05, 0) is 68.5 Å². The van der Waals surface area contributed by atoms with Crippen molar-refractivity contribution in [1.82, 2.24) is 33.8 Å². The molecule has 0 saturated heterocycles. The fourth-order valence-electron chi connectivity index (χ4n) is 6.00. The minimum Gasteiger partial charge on any atom is -0.383 e. The molecular formula is C28H30FN7O4S2. The molecule has 0 amide bonds. The molecule has 3 heterocycles. The lowest BCUT2D eigenvalue weighted by atomic mass is 9.61. The van der Waals surface area contributed by atoms with Crippen LogP contribution in [0.4, 0.5) is 4.39 Å². The van der Waals surface area contributed by atoms with Gasteiger partial charge in [-0.3, -0.25) is 9.48 Å². The van der Waals surface area contributed by atoms with Crippen molar-refractivity contribution in [2.45, 2.75) is 43.8 Å². The number of allylic oxidation sites excluding steroid dienone is 1. The van der Waals surface area contributed by atoms with Gasteiger partial charge in [0.15, 0.2) is 5.01 Å². The summed E-state index contributed by atoms with van der Waals surface area (Å²) in [6, 6.07) is 5.58. The van der Waals surface area contributed by atoms with Gasteiger partial charge in [-0.25, -0.2) is 27.5 Å². The van der Waals surface area contributed by atoms with Gasteiger partial charge in [0.25, 0.3) is 15.2 Å². The maximum atomic E-state index is 14.4. The van der Waals surface area contributed by atoms with Gasteiger partial charge in [-0.2, -0.15) is 9.40 Å². The summed E-state index contributed by atoms with van der Waals surface area (Å²) < 4.78 is 51.0. The zero-order valence-corrected chi connectivity index (χ0v) is 25.0. The van der Waals surface area contributed by atoms with E-state index in [0.29, 0.717) is 30.0 Å². The molecule has 3 aromatic heterocycles. The Morgan fingerprint density at radius 1 is 1.24 bits per heavy atom. The Labute approximate surface area is 246 Å². The molecule has 42 heavy (non-hydrogen) atoms. The number of sulfonamides is 1. The van der Waals surface area contributed by atoms with Gasteiger partial charge in [0.2, 0.25) is 5.78 Å². The maximum absolute atomic E-state index is 14.4. The van der Waals surface area contributed by atoms with Crippen molar-refractivity contribution < 1.29 is 22.3 Å². The highest BCUT2D eigenvalue weighted by Crippen LogP contribution is 2.51. The van der Waals surface area contributed by atoms with Crippen molar-refractivity contribution in [2.75, 3.05) is 20.3 Å². The lowest BCUT2D eigenvalue weighted by Gasteiger charge is -2.46. The first-order chi connectivity index (χ1) is 20.1. The highest BCUT2D eigenvalue weighted by atomic mass is 32.2. The van der Waals surface area contributed by atoms with E-state index in [1.165, 1.54) is 45.9 Å². The van der Waals surface area contributed by atoms with Crippen molar-refractivity contribution >= 4 is 33.2 Å². The number of ether oxygens (including phenoxy) is 1. The molecule has 4 aromatic rings. The molecule has 0 N–H and O–H groups in total. The van der Waals surface area contributed by atoms with E-state index in [0.717, 1.165) is 21.7 Å². The average Bonchev–Trinajstić information content (AvgIpc) is 3.71. The van der Waals surface area contributed by atoms with Crippen molar-refractivity contribution in [3.63, 3.8) is 0 Å². The summed E-state index contributed by atoms with van der Waals surface area (Å²) in [5.41, 5.74) is 2.28.